The summed E-state index contributed by atoms with van der Waals surface area (Å²) < 4.78 is 0. The third-order valence-electron chi connectivity index (χ3n) is 3.18. The van der Waals surface area contributed by atoms with Crippen LogP contribution in [0, 0.1) is 5.92 Å². The number of rotatable bonds is 4. The number of aromatic amines is 1. The minimum atomic E-state index is -0.652. The number of nitrogens with zero attached hydrogens (tertiary/aromatic N) is 1. The molecule has 1 aromatic rings. The Hall–Kier alpha value is -1.29. The summed E-state index contributed by atoms with van der Waals surface area (Å²) in [4.78, 5) is 15.9. The topological polar surface area (TPSA) is 56.3 Å². The monoisotopic (exact) mass is 208 g/mol. The van der Waals surface area contributed by atoms with E-state index in [1.807, 2.05) is 18.5 Å². The van der Waals surface area contributed by atoms with E-state index in [9.17, 15) is 4.79 Å². The zero-order valence-electron chi connectivity index (χ0n) is 8.81. The van der Waals surface area contributed by atoms with Gasteiger partial charge in [0.15, 0.2) is 0 Å². The van der Waals surface area contributed by atoms with E-state index in [-0.39, 0.29) is 5.92 Å². The van der Waals surface area contributed by atoms with Gasteiger partial charge < -0.3 is 10.1 Å². The first-order chi connectivity index (χ1) is 7.16. The second kappa shape index (κ2) is 4.06. The normalized spacial score (nSPS) is 25.2. The number of aliphatic carboxylic acids is 1. The highest BCUT2D eigenvalue weighted by molar-refractivity contribution is 5.71. The lowest BCUT2D eigenvalue weighted by molar-refractivity contribution is -0.146. The van der Waals surface area contributed by atoms with E-state index in [0.717, 1.165) is 19.4 Å². The molecule has 1 aliphatic rings. The molecule has 1 fully saturated rings. The summed E-state index contributed by atoms with van der Waals surface area (Å²) in [7, 11) is 2.05. The molecule has 0 unspecified atom stereocenters. The molecule has 0 aliphatic heterocycles. The Morgan fingerprint density at radius 3 is 2.93 bits per heavy atom. The largest absolute Gasteiger partial charge is 0.481 e. The number of carboxylic acid groups (broad SMARTS) is 1. The van der Waals surface area contributed by atoms with Crippen molar-refractivity contribution < 1.29 is 9.90 Å². The zero-order valence-corrected chi connectivity index (χ0v) is 8.81. The molecule has 2 N–H and O–H groups in total. The van der Waals surface area contributed by atoms with Crippen molar-refractivity contribution in [2.45, 2.75) is 25.4 Å². The fraction of sp³-hybridized carbons (Fsp3) is 0.545. The van der Waals surface area contributed by atoms with Gasteiger partial charge in [-0.25, -0.2) is 0 Å². The van der Waals surface area contributed by atoms with Crippen molar-refractivity contribution in [3.8, 4) is 0 Å². The number of aromatic nitrogens is 1. The average Bonchev–Trinajstić information content (AvgIpc) is 2.52. The van der Waals surface area contributed by atoms with Gasteiger partial charge >= 0.3 is 5.97 Å². The van der Waals surface area contributed by atoms with E-state index in [1.165, 1.54) is 5.56 Å². The Labute approximate surface area is 88.9 Å². The highest BCUT2D eigenvalue weighted by Gasteiger charge is 2.36. The Morgan fingerprint density at radius 2 is 2.40 bits per heavy atom. The van der Waals surface area contributed by atoms with Gasteiger partial charge in [0.25, 0.3) is 0 Å². The number of hydrogen-bond donors (Lipinski definition) is 2. The molecule has 0 saturated heterocycles. The Morgan fingerprint density at radius 1 is 1.67 bits per heavy atom. The zero-order chi connectivity index (χ0) is 10.8. The van der Waals surface area contributed by atoms with Crippen LogP contribution in [0.2, 0.25) is 0 Å². The van der Waals surface area contributed by atoms with Gasteiger partial charge in [-0.3, -0.25) is 9.69 Å². The van der Waals surface area contributed by atoms with Crippen LogP contribution in [0.4, 0.5) is 0 Å². The predicted molar refractivity (Wildman–Crippen MR) is 56.4 cm³/mol. The summed E-state index contributed by atoms with van der Waals surface area (Å²) in [5.74, 6) is -0.773. The number of H-pyrrole nitrogens is 1. The van der Waals surface area contributed by atoms with Crippen LogP contribution in [-0.4, -0.2) is 34.0 Å². The van der Waals surface area contributed by atoms with Gasteiger partial charge in [-0.1, -0.05) is 0 Å². The second-order valence-corrected chi connectivity index (χ2v) is 4.29. The maximum absolute atomic E-state index is 10.6. The van der Waals surface area contributed by atoms with Gasteiger partial charge in [0, 0.05) is 25.0 Å². The minimum Gasteiger partial charge on any atom is -0.481 e. The first-order valence-corrected chi connectivity index (χ1v) is 5.21. The fourth-order valence-corrected chi connectivity index (χ4v) is 2.02. The van der Waals surface area contributed by atoms with Gasteiger partial charge in [-0.2, -0.15) is 0 Å². The van der Waals surface area contributed by atoms with Gasteiger partial charge in [0.05, 0.1) is 5.92 Å². The van der Waals surface area contributed by atoms with Crippen LogP contribution in [0.3, 0.4) is 0 Å². The third-order valence-corrected chi connectivity index (χ3v) is 3.18. The third kappa shape index (κ3) is 2.21. The molecule has 82 valence electrons. The lowest BCUT2D eigenvalue weighted by atomic mass is 9.79. The van der Waals surface area contributed by atoms with Gasteiger partial charge in [0.1, 0.15) is 0 Å². The molecule has 0 radical (unpaired) electrons. The molecular formula is C11H16N2O2. The van der Waals surface area contributed by atoms with Gasteiger partial charge in [-0.15, -0.1) is 0 Å². The predicted octanol–water partition coefficient (Wildman–Crippen LogP) is 1.31. The molecule has 4 nitrogen and oxygen atoms in total. The van der Waals surface area contributed by atoms with E-state index in [4.69, 9.17) is 5.11 Å². The van der Waals surface area contributed by atoms with Crippen molar-refractivity contribution in [3.63, 3.8) is 0 Å². The lowest BCUT2D eigenvalue weighted by Crippen LogP contribution is -2.44. The summed E-state index contributed by atoms with van der Waals surface area (Å²) in [6.45, 7) is 0.889. The van der Waals surface area contributed by atoms with E-state index >= 15 is 0 Å². The van der Waals surface area contributed by atoms with Crippen LogP contribution in [0.25, 0.3) is 0 Å². The molecule has 15 heavy (non-hydrogen) atoms. The maximum Gasteiger partial charge on any atom is 0.306 e. The van der Waals surface area contributed by atoms with Crippen LogP contribution in [0.15, 0.2) is 18.5 Å². The summed E-state index contributed by atoms with van der Waals surface area (Å²) >= 11 is 0. The Bertz CT molecular complexity index is 328. The van der Waals surface area contributed by atoms with Crippen LogP contribution in [0.5, 0.6) is 0 Å². The second-order valence-electron chi connectivity index (χ2n) is 4.29. The van der Waals surface area contributed by atoms with E-state index in [2.05, 4.69) is 16.9 Å². The van der Waals surface area contributed by atoms with Gasteiger partial charge in [-0.05, 0) is 31.5 Å². The van der Waals surface area contributed by atoms with E-state index < -0.39 is 5.97 Å². The summed E-state index contributed by atoms with van der Waals surface area (Å²) in [6, 6.07) is 2.48. The highest BCUT2D eigenvalue weighted by atomic mass is 16.4. The number of carbonyl (C=O) groups is 1. The van der Waals surface area contributed by atoms with Crippen molar-refractivity contribution >= 4 is 5.97 Å². The molecule has 1 aliphatic carbocycles. The molecule has 0 atom stereocenters. The molecule has 0 spiro atoms. The molecular weight excluding hydrogens is 192 g/mol. The quantitative estimate of drug-likeness (QED) is 0.784. The first-order valence-electron chi connectivity index (χ1n) is 5.21. The Kier molecular flexibility index (Phi) is 2.77. The summed E-state index contributed by atoms with van der Waals surface area (Å²) in [6.07, 6.45) is 5.46. The van der Waals surface area contributed by atoms with Crippen LogP contribution >= 0.6 is 0 Å². The molecule has 4 heteroatoms. The fourth-order valence-electron chi connectivity index (χ4n) is 2.02. The number of nitrogens with one attached hydrogen (secondary N) is 1. The smallest absolute Gasteiger partial charge is 0.306 e. The minimum absolute atomic E-state index is 0.122. The molecule has 0 bridgehead atoms. The SMILES string of the molecule is CN(Cc1cc[nH]c1)C1CC(C(=O)O)C1. The highest BCUT2D eigenvalue weighted by Crippen LogP contribution is 2.31. The van der Waals surface area contributed by atoms with Crippen molar-refractivity contribution in [2.75, 3.05) is 7.05 Å². The molecule has 1 heterocycles. The van der Waals surface area contributed by atoms with E-state index in [0.29, 0.717) is 6.04 Å². The van der Waals surface area contributed by atoms with Crippen molar-refractivity contribution in [1.29, 1.82) is 0 Å². The molecule has 0 aromatic carbocycles. The Balaban J connectivity index is 1.79. The molecule has 1 aromatic heterocycles. The van der Waals surface area contributed by atoms with Crippen molar-refractivity contribution in [3.05, 3.63) is 24.0 Å². The molecule has 2 rings (SSSR count). The summed E-state index contributed by atoms with van der Waals surface area (Å²) in [5, 5.41) is 8.77. The van der Waals surface area contributed by atoms with Crippen molar-refractivity contribution in [1.82, 2.24) is 9.88 Å². The van der Waals surface area contributed by atoms with Crippen LogP contribution < -0.4 is 0 Å². The van der Waals surface area contributed by atoms with E-state index in [1.54, 1.807) is 0 Å². The van der Waals surface area contributed by atoms with Crippen molar-refractivity contribution in [2.24, 2.45) is 5.92 Å². The molecule has 1 saturated carbocycles. The summed E-state index contributed by atoms with van der Waals surface area (Å²) in [5.41, 5.74) is 1.25. The van der Waals surface area contributed by atoms with Gasteiger partial charge in [0.2, 0.25) is 0 Å². The lowest BCUT2D eigenvalue weighted by Gasteiger charge is -2.39. The number of hydrogen-bond acceptors (Lipinski definition) is 2. The van der Waals surface area contributed by atoms with Crippen LogP contribution in [0.1, 0.15) is 18.4 Å². The standard InChI is InChI=1S/C11H16N2O2/c1-13(7-8-2-3-12-6-8)10-4-9(5-10)11(14)15/h2-3,6,9-10,12H,4-5,7H2,1H3,(H,14,15). The first kappa shape index (κ1) is 10.2. The average molecular weight is 208 g/mol. The maximum atomic E-state index is 10.6. The number of carboxylic acids is 1. The molecule has 0 amide bonds. The van der Waals surface area contributed by atoms with Crippen LogP contribution in [-0.2, 0) is 11.3 Å².